The quantitative estimate of drug-likeness (QED) is 0.0814. The fourth-order valence-corrected chi connectivity index (χ4v) is 8.53. The summed E-state index contributed by atoms with van der Waals surface area (Å²) in [6.45, 7) is 13.9. The van der Waals surface area contributed by atoms with Gasteiger partial charge in [-0.3, -0.25) is 19.4 Å². The Kier molecular flexibility index (Phi) is 15.2. The topological polar surface area (TPSA) is 217 Å². The summed E-state index contributed by atoms with van der Waals surface area (Å²) in [7, 11) is 1.44. The molecule has 0 saturated carbocycles. The van der Waals surface area contributed by atoms with Gasteiger partial charge in [0.2, 0.25) is 0 Å². The Bertz CT molecular complexity index is 2090. The van der Waals surface area contributed by atoms with E-state index in [1.807, 2.05) is 5.01 Å². The number of phenols is 3. The van der Waals surface area contributed by atoms with Crippen LogP contribution >= 0.6 is 0 Å². The molecule has 2 aromatic rings. The SMILES string of the molecule is CO[C@@H]1C=CO[C@@]2(C)Oc3c(C)c(O)c4c(O)c(c(C=NN5CCCCCCCC5)c(O)c4c3C2=O)NC(=O)C(C)=CC=C[C@H](C)[C@H](O)[C@H](C)[C@H](O)[C@H](C)[C@H](OC(C)=O)[C@H]1C. The highest BCUT2D eigenvalue weighted by molar-refractivity contribution is 6.23. The van der Waals surface area contributed by atoms with Crippen molar-refractivity contribution in [1.82, 2.24) is 5.01 Å². The molecule has 0 spiro atoms. The average Bonchev–Trinajstić information content (AvgIpc) is 3.56. The number of aromatic hydroxyl groups is 3. The summed E-state index contributed by atoms with van der Waals surface area (Å²) >= 11 is 0. The summed E-state index contributed by atoms with van der Waals surface area (Å²) in [5.41, 5.74) is -0.276. The van der Waals surface area contributed by atoms with Gasteiger partial charge in [-0.15, -0.1) is 0 Å². The first kappa shape index (κ1) is 46.9. The Hall–Kier alpha value is -5.12. The average molecular weight is 850 g/mol. The van der Waals surface area contributed by atoms with Gasteiger partial charge in [-0.25, -0.2) is 0 Å². The third kappa shape index (κ3) is 9.84. The number of hydrogen-bond donors (Lipinski definition) is 6. The number of rotatable bonds is 4. The van der Waals surface area contributed by atoms with Crippen molar-refractivity contribution in [2.75, 3.05) is 25.5 Å². The maximum atomic E-state index is 14.5. The van der Waals surface area contributed by atoms with Crippen LogP contribution in [0.4, 0.5) is 5.69 Å². The summed E-state index contributed by atoms with van der Waals surface area (Å²) in [6.07, 6.45) is 11.1. The molecule has 1 fully saturated rings. The Morgan fingerprint density at radius 1 is 0.902 bits per heavy atom. The predicted molar refractivity (Wildman–Crippen MR) is 231 cm³/mol. The van der Waals surface area contributed by atoms with Crippen molar-refractivity contribution < 1.29 is 58.9 Å². The number of methoxy groups -OCH3 is 1. The lowest BCUT2D eigenvalue weighted by Gasteiger charge is -2.38. The highest BCUT2D eigenvalue weighted by Crippen LogP contribution is 2.55. The van der Waals surface area contributed by atoms with Crippen molar-refractivity contribution in [3.63, 3.8) is 0 Å². The molecule has 1 saturated heterocycles. The van der Waals surface area contributed by atoms with Crippen LogP contribution < -0.4 is 10.1 Å². The number of benzene rings is 2. The second-order valence-electron chi connectivity index (χ2n) is 16.9. The number of hydrogen-bond acceptors (Lipinski definition) is 14. The van der Waals surface area contributed by atoms with E-state index in [1.54, 1.807) is 39.8 Å². The molecule has 334 valence electrons. The molecule has 4 aliphatic rings. The van der Waals surface area contributed by atoms with E-state index in [-0.39, 0.29) is 44.5 Å². The molecule has 6 N–H and O–H groups in total. The van der Waals surface area contributed by atoms with Gasteiger partial charge in [0.15, 0.2) is 5.75 Å². The van der Waals surface area contributed by atoms with Gasteiger partial charge >= 0.3 is 11.8 Å². The number of carbonyl (C=O) groups is 3. The zero-order valence-corrected chi connectivity index (χ0v) is 36.7. The van der Waals surface area contributed by atoms with Crippen LogP contribution in [0.5, 0.6) is 23.0 Å². The Labute approximate surface area is 357 Å². The minimum absolute atomic E-state index is 0.0645. The number of aliphatic hydroxyl groups excluding tert-OH is 2. The zero-order chi connectivity index (χ0) is 44.9. The van der Waals surface area contributed by atoms with Crippen molar-refractivity contribution in [3.05, 3.63) is 52.8 Å². The Morgan fingerprint density at radius 2 is 1.54 bits per heavy atom. The molecule has 5 bridgehead atoms. The largest absolute Gasteiger partial charge is 0.507 e. The maximum Gasteiger partial charge on any atom is 0.312 e. The lowest BCUT2D eigenvalue weighted by Crippen LogP contribution is -2.46. The van der Waals surface area contributed by atoms with Gasteiger partial charge < -0.3 is 49.8 Å². The number of Topliss-reactive ketones (excluding diaryl/α,β-unsaturated/α-hetero) is 1. The van der Waals surface area contributed by atoms with Gasteiger partial charge in [-0.2, -0.15) is 5.10 Å². The summed E-state index contributed by atoms with van der Waals surface area (Å²) in [5.74, 6) is -8.25. The number of allylic oxidation sites excluding steroid dienone is 2. The first-order valence-corrected chi connectivity index (χ1v) is 21.2. The summed E-state index contributed by atoms with van der Waals surface area (Å²) in [5, 5.41) is 67.5. The lowest BCUT2D eigenvalue weighted by atomic mass is 9.78. The number of hydrazone groups is 1. The van der Waals surface area contributed by atoms with Gasteiger partial charge in [-0.05, 0) is 32.8 Å². The van der Waals surface area contributed by atoms with Gasteiger partial charge in [0.25, 0.3) is 11.7 Å². The Morgan fingerprint density at radius 3 is 2.16 bits per heavy atom. The van der Waals surface area contributed by atoms with Crippen LogP contribution in [0.1, 0.15) is 108 Å². The normalized spacial score (nSPS) is 29.8. The second kappa shape index (κ2) is 19.7. The number of anilines is 1. The van der Waals surface area contributed by atoms with Gasteiger partial charge in [-0.1, -0.05) is 71.6 Å². The predicted octanol–water partition coefficient (Wildman–Crippen LogP) is 6.74. The van der Waals surface area contributed by atoms with Crippen LogP contribution in [0.3, 0.4) is 0 Å². The molecule has 0 aromatic heterocycles. The van der Waals surface area contributed by atoms with E-state index in [0.29, 0.717) is 13.1 Å². The first-order chi connectivity index (χ1) is 28.8. The van der Waals surface area contributed by atoms with Crippen LogP contribution in [-0.4, -0.2) is 105 Å². The molecule has 15 heteroatoms. The van der Waals surface area contributed by atoms with Crippen molar-refractivity contribution in [2.24, 2.45) is 28.8 Å². The van der Waals surface area contributed by atoms with Gasteiger partial charge in [0.1, 0.15) is 23.4 Å². The second-order valence-corrected chi connectivity index (χ2v) is 16.9. The molecular formula is C46H63N3O12. The molecule has 0 unspecified atom stereocenters. The van der Waals surface area contributed by atoms with E-state index in [9.17, 15) is 39.9 Å². The number of ether oxygens (including phenoxy) is 4. The minimum atomic E-state index is -2.04. The fraction of sp³-hybridized carbons (Fsp3) is 0.565. The summed E-state index contributed by atoms with van der Waals surface area (Å²) in [6, 6.07) is 0. The molecule has 6 rings (SSSR count). The number of carbonyl (C=O) groups excluding carboxylic acids is 3. The minimum Gasteiger partial charge on any atom is -0.507 e. The fourth-order valence-electron chi connectivity index (χ4n) is 8.53. The number of nitrogens with one attached hydrogen (secondary N) is 1. The van der Waals surface area contributed by atoms with Gasteiger partial charge in [0, 0.05) is 74.2 Å². The summed E-state index contributed by atoms with van der Waals surface area (Å²) < 4.78 is 23.7. The van der Waals surface area contributed by atoms with Crippen molar-refractivity contribution in [3.8, 4) is 23.0 Å². The summed E-state index contributed by atoms with van der Waals surface area (Å²) in [4.78, 5) is 40.7. The Balaban J connectivity index is 1.71. The first-order valence-electron chi connectivity index (χ1n) is 21.2. The smallest absolute Gasteiger partial charge is 0.312 e. The van der Waals surface area contributed by atoms with E-state index in [0.717, 1.165) is 38.5 Å². The van der Waals surface area contributed by atoms with Crippen LogP contribution in [0, 0.1) is 30.6 Å². The highest BCUT2D eigenvalue weighted by atomic mass is 16.7. The van der Waals surface area contributed by atoms with Crippen LogP contribution in [0.15, 0.2) is 41.2 Å². The van der Waals surface area contributed by atoms with Crippen LogP contribution in [0.25, 0.3) is 10.8 Å². The van der Waals surface area contributed by atoms with Crippen LogP contribution in [0.2, 0.25) is 0 Å². The van der Waals surface area contributed by atoms with E-state index < -0.39 is 88.8 Å². The number of nitrogens with zero attached hydrogens (tertiary/aromatic N) is 2. The number of aliphatic hydroxyl groups is 2. The standard InChI is InChI=1S/C46H63N3O12/c1-24-17-16-18-25(2)45(57)48-36-31(23-47-49-20-14-12-10-11-13-15-21-49)40(54)33-34(41(36)55)39(53)29(6)43-35(33)44(56)46(8,61-43)59-22-19-32(58-9)26(3)42(60-30(7)50)28(5)38(52)27(4)37(24)51/h16-19,22-24,26-28,32,37-38,42,51-55H,10-15,20-21H2,1-9H3,(H,48,57)/t24-,26-,27-,28-,32+,37-,38-,42+,46-/m0/s1. The molecule has 2 aromatic carbocycles. The van der Waals surface area contributed by atoms with E-state index >= 15 is 0 Å². The monoisotopic (exact) mass is 849 g/mol. The number of ketones is 1. The molecule has 61 heavy (non-hydrogen) atoms. The van der Waals surface area contributed by atoms with Crippen molar-refractivity contribution in [2.45, 2.75) is 124 Å². The molecule has 1 amide bonds. The van der Waals surface area contributed by atoms with E-state index in [1.165, 1.54) is 59.4 Å². The zero-order valence-electron chi connectivity index (χ0n) is 36.7. The third-order valence-corrected chi connectivity index (χ3v) is 12.5. The highest BCUT2D eigenvalue weighted by Gasteiger charge is 2.50. The molecule has 4 aliphatic heterocycles. The van der Waals surface area contributed by atoms with Gasteiger partial charge in [0.05, 0.1) is 53.0 Å². The molecule has 0 radical (unpaired) electrons. The molecule has 0 aliphatic carbocycles. The molecule has 9 atom stereocenters. The van der Waals surface area contributed by atoms with Crippen LogP contribution in [-0.2, 0) is 23.8 Å². The van der Waals surface area contributed by atoms with Crippen molar-refractivity contribution in [1.29, 1.82) is 0 Å². The van der Waals surface area contributed by atoms with E-state index in [4.69, 9.17) is 18.9 Å². The van der Waals surface area contributed by atoms with Crippen molar-refractivity contribution >= 4 is 40.3 Å². The molecule has 4 heterocycles. The van der Waals surface area contributed by atoms with E-state index in [2.05, 4.69) is 10.4 Å². The third-order valence-electron chi connectivity index (χ3n) is 12.5. The lowest BCUT2D eigenvalue weighted by molar-refractivity contribution is -0.160. The number of esters is 1. The number of phenolic OH excluding ortho intramolecular Hbond substituents is 3. The number of fused-ring (bicyclic) bond motifs is 14. The maximum absolute atomic E-state index is 14.5. The number of amides is 1. The molecule has 15 nitrogen and oxygen atoms in total. The molecular weight excluding hydrogens is 787 g/mol.